The lowest BCUT2D eigenvalue weighted by molar-refractivity contribution is 0.0774. The quantitative estimate of drug-likeness (QED) is 0.795. The summed E-state index contributed by atoms with van der Waals surface area (Å²) in [5, 5.41) is 3.89. The summed E-state index contributed by atoms with van der Waals surface area (Å²) >= 11 is 0. The maximum absolute atomic E-state index is 12.5. The van der Waals surface area contributed by atoms with Gasteiger partial charge in [0.15, 0.2) is 11.5 Å². The molecule has 21 heavy (non-hydrogen) atoms. The molecule has 3 heterocycles. The molecule has 0 saturated carbocycles. The van der Waals surface area contributed by atoms with Crippen LogP contribution in [0.2, 0.25) is 0 Å². The van der Waals surface area contributed by atoms with Crippen LogP contribution in [-0.2, 0) is 0 Å². The third-order valence-corrected chi connectivity index (χ3v) is 4.40. The molecule has 108 valence electrons. The van der Waals surface area contributed by atoms with E-state index >= 15 is 0 Å². The van der Waals surface area contributed by atoms with Crippen molar-refractivity contribution in [1.29, 1.82) is 0 Å². The zero-order chi connectivity index (χ0) is 14.2. The summed E-state index contributed by atoms with van der Waals surface area (Å²) < 4.78 is 10.5. The van der Waals surface area contributed by atoms with Crippen LogP contribution in [0.5, 0.6) is 0 Å². The van der Waals surface area contributed by atoms with Crippen LogP contribution in [0.3, 0.4) is 0 Å². The lowest BCUT2D eigenvalue weighted by atomic mass is 9.86. The van der Waals surface area contributed by atoms with E-state index in [2.05, 4.69) is 17.3 Å². The van der Waals surface area contributed by atoms with Crippen molar-refractivity contribution in [2.24, 2.45) is 11.8 Å². The zero-order valence-corrected chi connectivity index (χ0v) is 11.6. The predicted octanol–water partition coefficient (Wildman–Crippen LogP) is 2.97. The third kappa shape index (κ3) is 2.18. The smallest absolute Gasteiger partial charge is 0.276 e. The lowest BCUT2D eigenvalue weighted by Gasteiger charge is -2.17. The highest BCUT2D eigenvalue weighted by Gasteiger charge is 2.36. The Morgan fingerprint density at radius 1 is 1.19 bits per heavy atom. The summed E-state index contributed by atoms with van der Waals surface area (Å²) in [7, 11) is 0. The van der Waals surface area contributed by atoms with Crippen LogP contribution >= 0.6 is 0 Å². The molecule has 2 aromatic rings. The van der Waals surface area contributed by atoms with E-state index in [0.29, 0.717) is 29.1 Å². The number of carbonyl (C=O) groups is 1. The SMILES string of the molecule is O=C(c1cc(-c2ccco2)on1)N1CC2CC=CCC2C1. The summed E-state index contributed by atoms with van der Waals surface area (Å²) in [5.74, 6) is 2.21. The minimum absolute atomic E-state index is 0.0500. The van der Waals surface area contributed by atoms with E-state index in [1.165, 1.54) is 0 Å². The van der Waals surface area contributed by atoms with Gasteiger partial charge < -0.3 is 13.8 Å². The fourth-order valence-electron chi connectivity index (χ4n) is 3.25. The molecule has 0 N–H and O–H groups in total. The van der Waals surface area contributed by atoms with Crippen molar-refractivity contribution in [3.05, 3.63) is 42.3 Å². The Morgan fingerprint density at radius 2 is 1.95 bits per heavy atom. The number of rotatable bonds is 2. The Morgan fingerprint density at radius 3 is 2.62 bits per heavy atom. The van der Waals surface area contributed by atoms with Gasteiger partial charge in [-0.15, -0.1) is 0 Å². The number of furan rings is 1. The Bertz CT molecular complexity index is 656. The predicted molar refractivity (Wildman–Crippen MR) is 75.5 cm³/mol. The van der Waals surface area contributed by atoms with Crippen molar-refractivity contribution in [2.75, 3.05) is 13.1 Å². The maximum atomic E-state index is 12.5. The standard InChI is InChI=1S/C16H16N2O3/c19-16(18-9-11-4-1-2-5-12(11)10-18)13-8-15(21-17-13)14-6-3-7-20-14/h1-3,6-8,11-12H,4-5,9-10H2. The summed E-state index contributed by atoms with van der Waals surface area (Å²) in [6.45, 7) is 1.63. The van der Waals surface area contributed by atoms with Crippen LogP contribution in [0.4, 0.5) is 0 Å². The second kappa shape index (κ2) is 4.91. The number of fused-ring (bicyclic) bond motifs is 1. The van der Waals surface area contributed by atoms with Crippen molar-refractivity contribution in [1.82, 2.24) is 10.1 Å². The van der Waals surface area contributed by atoms with Crippen molar-refractivity contribution in [2.45, 2.75) is 12.8 Å². The first-order valence-electron chi connectivity index (χ1n) is 7.26. The molecule has 2 unspecified atom stereocenters. The summed E-state index contributed by atoms with van der Waals surface area (Å²) in [6.07, 6.45) is 8.16. The van der Waals surface area contributed by atoms with Gasteiger partial charge in [0.2, 0.25) is 5.76 Å². The van der Waals surface area contributed by atoms with Gasteiger partial charge in [0, 0.05) is 19.2 Å². The van der Waals surface area contributed by atoms with E-state index in [1.54, 1.807) is 24.5 Å². The van der Waals surface area contributed by atoms with E-state index in [4.69, 9.17) is 8.94 Å². The van der Waals surface area contributed by atoms with Gasteiger partial charge in [-0.3, -0.25) is 4.79 Å². The van der Waals surface area contributed by atoms with E-state index in [0.717, 1.165) is 25.9 Å². The Balaban J connectivity index is 1.51. The molecule has 4 rings (SSSR count). The number of aromatic nitrogens is 1. The molecule has 0 bridgehead atoms. The van der Waals surface area contributed by atoms with E-state index in [9.17, 15) is 4.79 Å². The van der Waals surface area contributed by atoms with Gasteiger partial charge in [0.05, 0.1) is 6.26 Å². The third-order valence-electron chi connectivity index (χ3n) is 4.40. The van der Waals surface area contributed by atoms with E-state index in [1.807, 2.05) is 4.90 Å². The number of amides is 1. The first-order valence-corrected chi connectivity index (χ1v) is 7.26. The second-order valence-corrected chi connectivity index (χ2v) is 5.73. The minimum atomic E-state index is -0.0500. The number of likely N-dealkylation sites (tertiary alicyclic amines) is 1. The van der Waals surface area contributed by atoms with Gasteiger partial charge in [-0.1, -0.05) is 17.3 Å². The molecule has 0 radical (unpaired) electrons. The Labute approximate surface area is 122 Å². The maximum Gasteiger partial charge on any atom is 0.276 e. The normalized spacial score (nSPS) is 24.3. The van der Waals surface area contributed by atoms with Crippen LogP contribution in [0.25, 0.3) is 11.5 Å². The highest BCUT2D eigenvalue weighted by Crippen LogP contribution is 2.33. The fourth-order valence-corrected chi connectivity index (χ4v) is 3.25. The van der Waals surface area contributed by atoms with Gasteiger partial charge >= 0.3 is 0 Å². The van der Waals surface area contributed by atoms with Gasteiger partial charge in [-0.25, -0.2) is 0 Å². The van der Waals surface area contributed by atoms with E-state index in [-0.39, 0.29) is 5.91 Å². The number of carbonyl (C=O) groups excluding carboxylic acids is 1. The average molecular weight is 284 g/mol. The van der Waals surface area contributed by atoms with Crippen molar-refractivity contribution in [3.63, 3.8) is 0 Å². The highest BCUT2D eigenvalue weighted by molar-refractivity contribution is 5.93. The molecule has 2 atom stereocenters. The van der Waals surface area contributed by atoms with Crippen LogP contribution in [0.15, 0.2) is 45.6 Å². The molecule has 0 aromatic carbocycles. The van der Waals surface area contributed by atoms with Crippen LogP contribution in [0.1, 0.15) is 23.3 Å². The molecule has 2 aromatic heterocycles. The van der Waals surface area contributed by atoms with Crippen molar-refractivity contribution in [3.8, 4) is 11.5 Å². The largest absolute Gasteiger partial charge is 0.461 e. The molecule has 5 heteroatoms. The van der Waals surface area contributed by atoms with Gasteiger partial charge in [-0.2, -0.15) is 0 Å². The molecule has 1 saturated heterocycles. The number of allylic oxidation sites excluding steroid dienone is 2. The van der Waals surface area contributed by atoms with Crippen LogP contribution in [-0.4, -0.2) is 29.1 Å². The average Bonchev–Trinajstić information content (AvgIpc) is 3.24. The van der Waals surface area contributed by atoms with Crippen LogP contribution < -0.4 is 0 Å². The van der Waals surface area contributed by atoms with Gasteiger partial charge in [0.25, 0.3) is 5.91 Å². The lowest BCUT2D eigenvalue weighted by Crippen LogP contribution is -2.29. The highest BCUT2D eigenvalue weighted by atomic mass is 16.5. The van der Waals surface area contributed by atoms with Crippen LogP contribution in [0, 0.1) is 11.8 Å². The van der Waals surface area contributed by atoms with Gasteiger partial charge in [-0.05, 0) is 36.8 Å². The summed E-state index contributed by atoms with van der Waals surface area (Å²) in [5.41, 5.74) is 0.355. The molecular formula is C16H16N2O3. The molecule has 2 aliphatic rings. The summed E-state index contributed by atoms with van der Waals surface area (Å²) in [6, 6.07) is 5.21. The van der Waals surface area contributed by atoms with Crippen molar-refractivity contribution >= 4 is 5.91 Å². The van der Waals surface area contributed by atoms with Crippen molar-refractivity contribution < 1.29 is 13.7 Å². The number of hydrogen-bond donors (Lipinski definition) is 0. The molecular weight excluding hydrogens is 268 g/mol. The molecule has 1 fully saturated rings. The first-order chi connectivity index (χ1) is 10.3. The fraction of sp³-hybridized carbons (Fsp3) is 0.375. The molecule has 1 amide bonds. The molecule has 5 nitrogen and oxygen atoms in total. The number of nitrogens with zero attached hydrogens (tertiary/aromatic N) is 2. The minimum Gasteiger partial charge on any atom is -0.461 e. The van der Waals surface area contributed by atoms with E-state index < -0.39 is 0 Å². The molecule has 1 aliphatic heterocycles. The Kier molecular flexibility index (Phi) is 2.91. The second-order valence-electron chi connectivity index (χ2n) is 5.73. The monoisotopic (exact) mass is 284 g/mol. The number of hydrogen-bond acceptors (Lipinski definition) is 4. The molecule has 0 spiro atoms. The topological polar surface area (TPSA) is 59.5 Å². The van der Waals surface area contributed by atoms with Gasteiger partial charge in [0.1, 0.15) is 0 Å². The summed E-state index contributed by atoms with van der Waals surface area (Å²) in [4.78, 5) is 14.4. The zero-order valence-electron chi connectivity index (χ0n) is 11.6. The Hall–Kier alpha value is -2.30. The molecule has 1 aliphatic carbocycles. The first kappa shape index (κ1) is 12.4.